The second kappa shape index (κ2) is 15.8. The first-order valence-electron chi connectivity index (χ1n) is 12.7. The van der Waals surface area contributed by atoms with E-state index in [0.29, 0.717) is 0 Å². The van der Waals surface area contributed by atoms with Crippen LogP contribution in [0.3, 0.4) is 0 Å². The van der Waals surface area contributed by atoms with Gasteiger partial charge in [-0.2, -0.15) is 0 Å². The highest BCUT2D eigenvalue weighted by molar-refractivity contribution is 4.95. The third-order valence-electron chi connectivity index (χ3n) is 6.86. The maximum Gasteiger partial charge on any atom is 0.283 e. The fourth-order valence-electron chi connectivity index (χ4n) is 4.12. The first-order chi connectivity index (χ1) is 19.1. The van der Waals surface area contributed by atoms with Gasteiger partial charge in [0.15, 0.2) is 18.9 Å². The first kappa shape index (κ1) is 36.4. The summed E-state index contributed by atoms with van der Waals surface area (Å²) in [6.45, 7) is -3.58. The molecule has 0 spiro atoms. The lowest BCUT2D eigenvalue weighted by Crippen LogP contribution is -2.66. The minimum Gasteiger partial charge on any atom is -0.396 e. The largest absolute Gasteiger partial charge is 0.396 e. The van der Waals surface area contributed by atoms with E-state index >= 15 is 0 Å². The lowest BCUT2D eigenvalue weighted by molar-refractivity contribution is -0.385. The van der Waals surface area contributed by atoms with Gasteiger partial charge in [0.05, 0.1) is 25.9 Å². The molecule has 0 aliphatic carbocycles. The Balaban J connectivity index is 2.32. The Bertz CT molecular complexity index is 775. The molecular weight excluding hydrogens is 572 g/mol. The molecule has 17 nitrogen and oxygen atoms in total. The van der Waals surface area contributed by atoms with E-state index in [0.717, 1.165) is 0 Å². The van der Waals surface area contributed by atoms with Crippen LogP contribution in [-0.2, 0) is 23.7 Å². The summed E-state index contributed by atoms with van der Waals surface area (Å²) in [4.78, 5) is 0. The van der Waals surface area contributed by atoms with Gasteiger partial charge in [0.1, 0.15) is 67.6 Å². The van der Waals surface area contributed by atoms with E-state index in [1.54, 1.807) is 0 Å². The van der Waals surface area contributed by atoms with Crippen LogP contribution in [0.4, 0.5) is 8.78 Å². The molecule has 244 valence electrons. The van der Waals surface area contributed by atoms with Crippen molar-refractivity contribution < 1.29 is 88.6 Å². The Kier molecular flexibility index (Phi) is 14.0. The Morgan fingerprint density at radius 1 is 0.780 bits per heavy atom. The van der Waals surface area contributed by atoms with Gasteiger partial charge >= 0.3 is 0 Å². The molecule has 41 heavy (non-hydrogen) atoms. The fourth-order valence-corrected chi connectivity index (χ4v) is 4.12. The van der Waals surface area contributed by atoms with Crippen molar-refractivity contribution in [1.29, 1.82) is 0 Å². The van der Waals surface area contributed by atoms with Crippen molar-refractivity contribution >= 4 is 0 Å². The van der Waals surface area contributed by atoms with E-state index in [1.807, 2.05) is 0 Å². The van der Waals surface area contributed by atoms with Crippen molar-refractivity contribution in [1.82, 2.24) is 0 Å². The van der Waals surface area contributed by atoms with E-state index < -0.39 is 131 Å². The normalized spacial score (nSPS) is 38.7. The number of rotatable bonds is 15. The second-order valence-electron chi connectivity index (χ2n) is 10.0. The summed E-state index contributed by atoms with van der Waals surface area (Å²) in [7, 11) is 0. The molecule has 0 radical (unpaired) electrons. The molecule has 0 amide bonds. The maximum absolute atomic E-state index is 13.8. The Morgan fingerprint density at radius 2 is 1.29 bits per heavy atom. The molecule has 2 heterocycles. The van der Waals surface area contributed by atoms with E-state index in [1.165, 1.54) is 6.92 Å². The van der Waals surface area contributed by atoms with Gasteiger partial charge in [-0.15, -0.1) is 0 Å². The summed E-state index contributed by atoms with van der Waals surface area (Å²) >= 11 is 0. The summed E-state index contributed by atoms with van der Waals surface area (Å²) in [5.41, 5.74) is 4.99. The second-order valence-corrected chi connectivity index (χ2v) is 10.0. The molecule has 0 saturated carbocycles. The lowest BCUT2D eigenvalue weighted by Gasteiger charge is -2.47. The smallest absolute Gasteiger partial charge is 0.283 e. The van der Waals surface area contributed by atoms with Crippen molar-refractivity contribution in [2.24, 2.45) is 11.7 Å². The van der Waals surface area contributed by atoms with E-state index in [9.17, 15) is 59.8 Å². The number of aliphatic hydroxyl groups is 11. The third-order valence-corrected chi connectivity index (χ3v) is 6.86. The highest BCUT2D eigenvalue weighted by Gasteiger charge is 2.53. The summed E-state index contributed by atoms with van der Waals surface area (Å²) in [5.74, 6) is -4.53. The standard InChI is InChI=1S/C22H41F2NO16/c1-7(2-26)10(29)13(32)16(35)19(36)40-18-15(34)12(31)9(4-28)39-21(18)41-17-14(33)11(30)8(3-27)38-20(17)37-6-22(23,24)5-25/h7-21,26-36H,2-6,25H2,1H3. The number of hydrogen-bond donors (Lipinski definition) is 12. The molecule has 2 saturated heterocycles. The minimum absolute atomic E-state index is 0.600. The number of ether oxygens (including phenoxy) is 5. The van der Waals surface area contributed by atoms with Crippen LogP contribution in [0.5, 0.6) is 0 Å². The van der Waals surface area contributed by atoms with Crippen molar-refractivity contribution in [2.45, 2.75) is 98.9 Å². The number of nitrogens with two attached hydrogens (primary N) is 1. The molecule has 0 aromatic rings. The van der Waals surface area contributed by atoms with Crippen LogP contribution >= 0.6 is 0 Å². The predicted octanol–water partition coefficient (Wildman–Crippen LogP) is -6.73. The number of halogens is 2. The quantitative estimate of drug-likeness (QED) is 0.0764. The SMILES string of the molecule is CC(CO)C(O)C(O)C(O)C(O)OC1C(OC2C(OCC(F)(F)CN)OC(CO)C(O)C2O)OC(CO)C(O)C1O. The molecule has 19 heteroatoms. The van der Waals surface area contributed by atoms with Crippen LogP contribution in [-0.4, -0.2) is 181 Å². The monoisotopic (exact) mass is 613 g/mol. The van der Waals surface area contributed by atoms with Gasteiger partial charge in [0.2, 0.25) is 0 Å². The molecule has 2 aliphatic heterocycles. The Labute approximate surface area is 232 Å². The molecule has 15 unspecified atom stereocenters. The van der Waals surface area contributed by atoms with Crippen LogP contribution < -0.4 is 5.73 Å². The molecule has 13 N–H and O–H groups in total. The zero-order chi connectivity index (χ0) is 31.2. The molecule has 15 atom stereocenters. The molecule has 0 bridgehead atoms. The molecule has 2 fully saturated rings. The zero-order valence-electron chi connectivity index (χ0n) is 22.0. The molecule has 2 aliphatic rings. The van der Waals surface area contributed by atoms with Gasteiger partial charge in [0.25, 0.3) is 5.92 Å². The lowest BCUT2D eigenvalue weighted by atomic mass is 9.96. The van der Waals surface area contributed by atoms with Gasteiger partial charge in [-0.1, -0.05) is 6.92 Å². The van der Waals surface area contributed by atoms with Gasteiger partial charge in [-0.3, -0.25) is 0 Å². The average Bonchev–Trinajstić information content (AvgIpc) is 2.96. The molecular formula is C22H41F2NO16. The van der Waals surface area contributed by atoms with Crippen molar-refractivity contribution in [3.63, 3.8) is 0 Å². The third kappa shape index (κ3) is 8.86. The van der Waals surface area contributed by atoms with Crippen molar-refractivity contribution in [3.05, 3.63) is 0 Å². The molecule has 0 aromatic carbocycles. The van der Waals surface area contributed by atoms with Gasteiger partial charge in [0, 0.05) is 12.5 Å². The van der Waals surface area contributed by atoms with Gasteiger partial charge in [-0.05, 0) is 0 Å². The van der Waals surface area contributed by atoms with Gasteiger partial charge in [-0.25, -0.2) is 8.78 Å². The van der Waals surface area contributed by atoms with E-state index in [-0.39, 0.29) is 0 Å². The predicted molar refractivity (Wildman–Crippen MR) is 125 cm³/mol. The van der Waals surface area contributed by atoms with Crippen LogP contribution in [0.1, 0.15) is 6.92 Å². The summed E-state index contributed by atoms with van der Waals surface area (Å²) in [6, 6.07) is 0. The van der Waals surface area contributed by atoms with Crippen LogP contribution in [0.2, 0.25) is 0 Å². The topological polar surface area (TPSA) is 295 Å². The van der Waals surface area contributed by atoms with Gasteiger partial charge < -0.3 is 85.6 Å². The van der Waals surface area contributed by atoms with E-state index in [2.05, 4.69) is 0 Å². The summed E-state index contributed by atoms with van der Waals surface area (Å²) in [5, 5.41) is 111. The maximum atomic E-state index is 13.8. The molecule has 2 rings (SSSR count). The number of alkyl halides is 2. The number of hydrogen-bond acceptors (Lipinski definition) is 17. The van der Waals surface area contributed by atoms with Crippen molar-refractivity contribution in [3.8, 4) is 0 Å². The zero-order valence-corrected chi connectivity index (χ0v) is 22.0. The van der Waals surface area contributed by atoms with Crippen LogP contribution in [0, 0.1) is 5.92 Å². The minimum atomic E-state index is -3.57. The fraction of sp³-hybridized carbons (Fsp3) is 1.00. The molecule has 0 aromatic heterocycles. The van der Waals surface area contributed by atoms with Crippen LogP contribution in [0.15, 0.2) is 0 Å². The number of aliphatic hydroxyl groups excluding tert-OH is 11. The highest BCUT2D eigenvalue weighted by atomic mass is 19.3. The Hall–Kier alpha value is -0.820. The Morgan fingerprint density at radius 3 is 1.78 bits per heavy atom. The van der Waals surface area contributed by atoms with E-state index in [4.69, 9.17) is 34.5 Å². The first-order valence-corrected chi connectivity index (χ1v) is 12.7. The van der Waals surface area contributed by atoms with Crippen LogP contribution in [0.25, 0.3) is 0 Å². The average molecular weight is 614 g/mol. The summed E-state index contributed by atoms with van der Waals surface area (Å²) < 4.78 is 53.9. The highest BCUT2D eigenvalue weighted by Crippen LogP contribution is 2.32. The summed E-state index contributed by atoms with van der Waals surface area (Å²) in [6.07, 6.45) is -27.4. The van der Waals surface area contributed by atoms with Crippen molar-refractivity contribution in [2.75, 3.05) is 33.0 Å².